The van der Waals surface area contributed by atoms with Crippen LogP contribution >= 0.6 is 11.3 Å². The molecule has 1 amide bonds. The van der Waals surface area contributed by atoms with Crippen LogP contribution in [-0.2, 0) is 6.42 Å². The van der Waals surface area contributed by atoms with Gasteiger partial charge in [0.15, 0.2) is 0 Å². The van der Waals surface area contributed by atoms with E-state index in [0.717, 1.165) is 28.7 Å². The molecule has 0 bridgehead atoms. The second-order valence-electron chi connectivity index (χ2n) is 6.63. The minimum absolute atomic E-state index is 0.0396. The van der Waals surface area contributed by atoms with E-state index < -0.39 is 0 Å². The molecule has 0 saturated heterocycles. The SMILES string of the molecule is C[C@@H](CCc1ccccc1)NC(=O)c1sc2ncccc2c1-n1cccc1. The highest BCUT2D eigenvalue weighted by atomic mass is 32.1. The standard InChI is InChI=1S/C22H21N3OS/c1-16(11-12-17-8-3-2-4-9-17)24-21(26)20-19(25-14-5-6-15-25)18-10-7-13-23-22(18)27-20/h2-10,13-16H,11-12H2,1H3,(H,24,26)/t16-/m0/s1. The minimum atomic E-state index is -0.0396. The van der Waals surface area contributed by atoms with Crippen LogP contribution in [0.5, 0.6) is 0 Å². The van der Waals surface area contributed by atoms with Crippen LogP contribution in [0.3, 0.4) is 0 Å². The summed E-state index contributed by atoms with van der Waals surface area (Å²) < 4.78 is 1.99. The molecule has 136 valence electrons. The Morgan fingerprint density at radius 2 is 1.89 bits per heavy atom. The average Bonchev–Trinajstić information content (AvgIpc) is 3.34. The third-order valence-electron chi connectivity index (χ3n) is 4.60. The van der Waals surface area contributed by atoms with Crippen molar-refractivity contribution in [1.82, 2.24) is 14.9 Å². The van der Waals surface area contributed by atoms with E-state index in [9.17, 15) is 4.79 Å². The molecule has 0 radical (unpaired) electrons. The quantitative estimate of drug-likeness (QED) is 0.524. The van der Waals surface area contributed by atoms with Crippen LogP contribution in [0.2, 0.25) is 0 Å². The van der Waals surface area contributed by atoms with Crippen molar-refractivity contribution in [3.05, 3.63) is 83.6 Å². The van der Waals surface area contributed by atoms with E-state index in [4.69, 9.17) is 0 Å². The van der Waals surface area contributed by atoms with Crippen molar-refractivity contribution in [3.63, 3.8) is 0 Å². The van der Waals surface area contributed by atoms with Crippen LogP contribution in [0.15, 0.2) is 73.2 Å². The average molecular weight is 375 g/mol. The molecule has 0 aliphatic heterocycles. The largest absolute Gasteiger partial charge is 0.349 e. The maximum absolute atomic E-state index is 13.0. The predicted octanol–water partition coefficient (Wildman–Crippen LogP) is 4.84. The van der Waals surface area contributed by atoms with Gasteiger partial charge in [-0.15, -0.1) is 11.3 Å². The number of hydrogen-bond acceptors (Lipinski definition) is 3. The molecule has 0 unspecified atom stereocenters. The molecule has 0 spiro atoms. The molecule has 4 rings (SSSR count). The number of thiophene rings is 1. The first-order chi connectivity index (χ1) is 13.2. The Morgan fingerprint density at radius 1 is 1.11 bits per heavy atom. The van der Waals surface area contributed by atoms with Gasteiger partial charge in [-0.1, -0.05) is 30.3 Å². The van der Waals surface area contributed by atoms with Crippen molar-refractivity contribution in [2.75, 3.05) is 0 Å². The number of pyridine rings is 1. The van der Waals surface area contributed by atoms with Crippen LogP contribution in [0, 0.1) is 0 Å². The number of fused-ring (bicyclic) bond motifs is 1. The van der Waals surface area contributed by atoms with Gasteiger partial charge in [-0.2, -0.15) is 0 Å². The molecule has 1 N–H and O–H groups in total. The number of aromatic nitrogens is 2. The number of hydrogen-bond donors (Lipinski definition) is 1. The summed E-state index contributed by atoms with van der Waals surface area (Å²) in [6.07, 6.45) is 7.54. The van der Waals surface area contributed by atoms with Crippen LogP contribution in [0.1, 0.15) is 28.6 Å². The number of nitrogens with one attached hydrogen (secondary N) is 1. The van der Waals surface area contributed by atoms with Crippen molar-refractivity contribution in [2.45, 2.75) is 25.8 Å². The monoisotopic (exact) mass is 375 g/mol. The Hall–Kier alpha value is -2.92. The summed E-state index contributed by atoms with van der Waals surface area (Å²) >= 11 is 1.44. The fourth-order valence-electron chi connectivity index (χ4n) is 3.20. The number of rotatable bonds is 6. The van der Waals surface area contributed by atoms with E-state index in [1.165, 1.54) is 16.9 Å². The lowest BCUT2D eigenvalue weighted by Crippen LogP contribution is -2.32. The smallest absolute Gasteiger partial charge is 0.263 e. The Morgan fingerprint density at radius 3 is 2.67 bits per heavy atom. The van der Waals surface area contributed by atoms with Crippen molar-refractivity contribution in [2.24, 2.45) is 0 Å². The molecule has 27 heavy (non-hydrogen) atoms. The lowest BCUT2D eigenvalue weighted by atomic mass is 10.1. The predicted molar refractivity (Wildman–Crippen MR) is 111 cm³/mol. The summed E-state index contributed by atoms with van der Waals surface area (Å²) in [5, 5.41) is 4.16. The van der Waals surface area contributed by atoms with E-state index in [1.807, 2.05) is 59.4 Å². The maximum atomic E-state index is 13.0. The topological polar surface area (TPSA) is 46.9 Å². The van der Waals surface area contributed by atoms with Crippen molar-refractivity contribution in [3.8, 4) is 5.69 Å². The van der Waals surface area contributed by atoms with Gasteiger partial charge in [0.05, 0.1) is 5.69 Å². The zero-order chi connectivity index (χ0) is 18.6. The van der Waals surface area contributed by atoms with Crippen LogP contribution in [0.25, 0.3) is 15.9 Å². The highest BCUT2D eigenvalue weighted by Crippen LogP contribution is 2.33. The molecule has 0 aliphatic carbocycles. The fraction of sp³-hybridized carbons (Fsp3) is 0.182. The van der Waals surface area contributed by atoms with Crippen LogP contribution in [-0.4, -0.2) is 21.5 Å². The number of benzene rings is 1. The van der Waals surface area contributed by atoms with Crippen LogP contribution < -0.4 is 5.32 Å². The fourth-order valence-corrected chi connectivity index (χ4v) is 4.25. The van der Waals surface area contributed by atoms with E-state index in [2.05, 4.69) is 29.4 Å². The van der Waals surface area contributed by atoms with Gasteiger partial charge in [-0.25, -0.2) is 4.98 Å². The van der Waals surface area contributed by atoms with Gasteiger partial charge in [-0.3, -0.25) is 4.79 Å². The first-order valence-electron chi connectivity index (χ1n) is 9.08. The number of aryl methyl sites for hydroxylation is 1. The molecule has 4 aromatic rings. The number of carbonyl (C=O) groups excluding carboxylic acids is 1. The van der Waals surface area contributed by atoms with Gasteiger partial charge in [0.25, 0.3) is 5.91 Å². The van der Waals surface area contributed by atoms with Crippen LogP contribution in [0.4, 0.5) is 0 Å². The van der Waals surface area contributed by atoms with Crippen molar-refractivity contribution in [1.29, 1.82) is 0 Å². The minimum Gasteiger partial charge on any atom is -0.349 e. The maximum Gasteiger partial charge on any atom is 0.263 e. The Balaban J connectivity index is 1.55. The van der Waals surface area contributed by atoms with E-state index >= 15 is 0 Å². The summed E-state index contributed by atoms with van der Waals surface area (Å²) in [5.41, 5.74) is 2.19. The van der Waals surface area contributed by atoms with Gasteiger partial charge in [0.1, 0.15) is 9.71 Å². The molecular formula is C22H21N3OS. The molecule has 5 heteroatoms. The third-order valence-corrected chi connectivity index (χ3v) is 5.70. The summed E-state index contributed by atoms with van der Waals surface area (Å²) in [7, 11) is 0. The van der Waals surface area contributed by atoms with Gasteiger partial charge in [0, 0.05) is 30.0 Å². The Bertz CT molecular complexity index is 1040. The van der Waals surface area contributed by atoms with E-state index in [-0.39, 0.29) is 11.9 Å². The number of nitrogens with zero attached hydrogens (tertiary/aromatic N) is 2. The second kappa shape index (κ2) is 7.76. The number of amides is 1. The van der Waals surface area contributed by atoms with Crippen molar-refractivity contribution < 1.29 is 4.79 Å². The zero-order valence-corrected chi connectivity index (χ0v) is 15.9. The molecule has 0 saturated carbocycles. The zero-order valence-electron chi connectivity index (χ0n) is 15.1. The summed E-state index contributed by atoms with van der Waals surface area (Å²) in [5.74, 6) is -0.0396. The first kappa shape index (κ1) is 17.5. The van der Waals surface area contributed by atoms with Gasteiger partial charge >= 0.3 is 0 Å². The molecule has 4 nitrogen and oxygen atoms in total. The summed E-state index contributed by atoms with van der Waals surface area (Å²) in [6, 6.07) is 18.3. The molecule has 0 fully saturated rings. The number of carbonyl (C=O) groups is 1. The Kier molecular flexibility index (Phi) is 5.03. The lowest BCUT2D eigenvalue weighted by molar-refractivity contribution is 0.0942. The Labute approximate surface area is 162 Å². The lowest BCUT2D eigenvalue weighted by Gasteiger charge is -2.14. The molecule has 0 aliphatic rings. The van der Waals surface area contributed by atoms with Crippen molar-refractivity contribution >= 4 is 27.5 Å². The van der Waals surface area contributed by atoms with Gasteiger partial charge in [0.2, 0.25) is 0 Å². The summed E-state index contributed by atoms with van der Waals surface area (Å²) in [6.45, 7) is 2.06. The highest BCUT2D eigenvalue weighted by Gasteiger charge is 2.21. The third kappa shape index (κ3) is 3.78. The molecule has 3 aromatic heterocycles. The second-order valence-corrected chi connectivity index (χ2v) is 7.62. The molecule has 1 aromatic carbocycles. The molecular weight excluding hydrogens is 354 g/mol. The van der Waals surface area contributed by atoms with E-state index in [0.29, 0.717) is 4.88 Å². The highest BCUT2D eigenvalue weighted by molar-refractivity contribution is 7.21. The normalized spacial score (nSPS) is 12.2. The first-order valence-corrected chi connectivity index (χ1v) is 9.89. The summed E-state index contributed by atoms with van der Waals surface area (Å²) in [4.78, 5) is 19.0. The molecule has 1 atom stereocenters. The van der Waals surface area contributed by atoms with E-state index in [1.54, 1.807) is 6.20 Å². The van der Waals surface area contributed by atoms with Gasteiger partial charge < -0.3 is 9.88 Å². The molecule has 3 heterocycles. The van der Waals surface area contributed by atoms with Gasteiger partial charge in [-0.05, 0) is 49.6 Å².